The summed E-state index contributed by atoms with van der Waals surface area (Å²) in [6.07, 6.45) is 0.443. The van der Waals surface area contributed by atoms with Crippen LogP contribution in [0.4, 0.5) is 5.13 Å². The number of nitrogens with zero attached hydrogens (tertiary/aromatic N) is 2. The molecule has 1 unspecified atom stereocenters. The van der Waals surface area contributed by atoms with Gasteiger partial charge in [-0.2, -0.15) is 0 Å². The van der Waals surface area contributed by atoms with Crippen LogP contribution in [0.3, 0.4) is 0 Å². The molecule has 1 atom stereocenters. The molecule has 0 aliphatic carbocycles. The average Bonchev–Trinajstić information content (AvgIpc) is 2.88. The van der Waals surface area contributed by atoms with Gasteiger partial charge >= 0.3 is 5.97 Å². The molecule has 1 aromatic carbocycles. The highest BCUT2D eigenvalue weighted by Crippen LogP contribution is 2.26. The molecule has 0 spiro atoms. The number of ether oxygens (including phenoxy) is 1. The highest BCUT2D eigenvalue weighted by atomic mass is 32.2. The van der Waals surface area contributed by atoms with Gasteiger partial charge in [-0.05, 0) is 18.6 Å². The summed E-state index contributed by atoms with van der Waals surface area (Å²) in [6.45, 7) is 0. The number of anilines is 1. The quantitative estimate of drug-likeness (QED) is 0.366. The standard InChI is InChI=1S/C12H13N3O3S2/c1-18-11(16)9(6-7-19-15-17)14-12-13-8-4-2-3-5-10(8)20-12/h2-5,9H,6-7H2,1H3,(H,13,14). The van der Waals surface area contributed by atoms with E-state index in [4.69, 9.17) is 4.74 Å². The third-order valence-corrected chi connectivity index (χ3v) is 4.12. The maximum atomic E-state index is 11.7. The molecule has 20 heavy (non-hydrogen) atoms. The summed E-state index contributed by atoms with van der Waals surface area (Å²) in [5, 5.41) is 3.71. The summed E-state index contributed by atoms with van der Waals surface area (Å²) >= 11 is 2.36. The number of fused-ring (bicyclic) bond motifs is 1. The molecule has 0 bridgehead atoms. The number of para-hydroxylation sites is 1. The van der Waals surface area contributed by atoms with Gasteiger partial charge in [0.1, 0.15) is 6.04 Å². The number of methoxy groups -OCH3 is 1. The summed E-state index contributed by atoms with van der Waals surface area (Å²) in [4.78, 5) is 26.2. The van der Waals surface area contributed by atoms with Crippen LogP contribution >= 0.6 is 23.3 Å². The van der Waals surface area contributed by atoms with Crippen LogP contribution in [0.25, 0.3) is 10.2 Å². The topological polar surface area (TPSA) is 80.6 Å². The lowest BCUT2D eigenvalue weighted by Crippen LogP contribution is -2.31. The lowest BCUT2D eigenvalue weighted by atomic mass is 10.2. The van der Waals surface area contributed by atoms with E-state index in [2.05, 4.69) is 14.9 Å². The maximum absolute atomic E-state index is 11.7. The number of carbonyl (C=O) groups is 1. The van der Waals surface area contributed by atoms with Crippen molar-refractivity contribution < 1.29 is 9.53 Å². The van der Waals surface area contributed by atoms with Crippen molar-refractivity contribution in [2.75, 3.05) is 18.2 Å². The van der Waals surface area contributed by atoms with Gasteiger partial charge in [-0.25, -0.2) is 9.78 Å². The number of nitroso groups, excluding NO2 is 1. The molecule has 0 saturated carbocycles. The Morgan fingerprint density at radius 1 is 1.55 bits per heavy atom. The molecular formula is C12H13N3O3S2. The summed E-state index contributed by atoms with van der Waals surface area (Å²) in [7, 11) is 1.33. The zero-order valence-corrected chi connectivity index (χ0v) is 12.4. The van der Waals surface area contributed by atoms with Crippen LogP contribution in [-0.2, 0) is 9.53 Å². The van der Waals surface area contributed by atoms with Crippen LogP contribution in [0, 0.1) is 4.91 Å². The zero-order chi connectivity index (χ0) is 14.4. The molecule has 8 heteroatoms. The van der Waals surface area contributed by atoms with Crippen LogP contribution in [0.5, 0.6) is 0 Å². The first kappa shape index (κ1) is 14.7. The van der Waals surface area contributed by atoms with E-state index in [1.54, 1.807) is 0 Å². The second-order valence-electron chi connectivity index (χ2n) is 3.90. The molecule has 0 aliphatic heterocycles. The van der Waals surface area contributed by atoms with Gasteiger partial charge in [-0.1, -0.05) is 23.5 Å². The molecule has 0 saturated heterocycles. The van der Waals surface area contributed by atoms with E-state index in [9.17, 15) is 9.70 Å². The molecule has 0 amide bonds. The largest absolute Gasteiger partial charge is 0.467 e. The Morgan fingerprint density at radius 3 is 3.05 bits per heavy atom. The normalized spacial score (nSPS) is 12.1. The van der Waals surface area contributed by atoms with Gasteiger partial charge in [0, 0.05) is 22.3 Å². The fourth-order valence-corrected chi connectivity index (χ4v) is 3.02. The van der Waals surface area contributed by atoms with Crippen LogP contribution in [0.15, 0.2) is 28.8 Å². The molecule has 106 valence electrons. The van der Waals surface area contributed by atoms with Crippen molar-refractivity contribution in [3.63, 3.8) is 0 Å². The summed E-state index contributed by atoms with van der Waals surface area (Å²) in [5.41, 5.74) is 0.882. The van der Waals surface area contributed by atoms with Gasteiger partial charge in [0.25, 0.3) is 0 Å². The van der Waals surface area contributed by atoms with Crippen molar-refractivity contribution in [1.82, 2.24) is 4.98 Å². The molecule has 1 heterocycles. The summed E-state index contributed by atoms with van der Waals surface area (Å²) in [5.74, 6) is 0.0667. The predicted molar refractivity (Wildman–Crippen MR) is 81.9 cm³/mol. The Hall–Kier alpha value is -1.67. The van der Waals surface area contributed by atoms with E-state index in [1.807, 2.05) is 24.3 Å². The van der Waals surface area contributed by atoms with Crippen LogP contribution in [0.2, 0.25) is 0 Å². The molecule has 0 radical (unpaired) electrons. The minimum atomic E-state index is -0.533. The molecule has 2 rings (SSSR count). The van der Waals surface area contributed by atoms with Crippen LogP contribution in [-0.4, -0.2) is 29.9 Å². The Balaban J connectivity index is 2.09. The van der Waals surface area contributed by atoms with E-state index < -0.39 is 6.04 Å². The first-order valence-corrected chi connectivity index (χ1v) is 7.65. The molecule has 2 aromatic rings. The van der Waals surface area contributed by atoms with Crippen LogP contribution < -0.4 is 5.32 Å². The van der Waals surface area contributed by atoms with Crippen molar-refractivity contribution in [2.45, 2.75) is 12.5 Å². The number of benzene rings is 1. The van der Waals surface area contributed by atoms with E-state index in [0.717, 1.165) is 22.2 Å². The first-order chi connectivity index (χ1) is 9.74. The van der Waals surface area contributed by atoms with Gasteiger partial charge in [-0.15, -0.1) is 4.91 Å². The number of carbonyl (C=O) groups excluding carboxylic acids is 1. The van der Waals surface area contributed by atoms with Gasteiger partial charge in [-0.3, -0.25) is 0 Å². The number of thiazole rings is 1. The monoisotopic (exact) mass is 311 g/mol. The Morgan fingerprint density at radius 2 is 2.35 bits per heavy atom. The van der Waals surface area contributed by atoms with Gasteiger partial charge in [0.05, 0.1) is 17.3 Å². The molecule has 0 fully saturated rings. The number of aromatic nitrogens is 1. The number of rotatable bonds is 7. The number of hydrogen-bond donors (Lipinski definition) is 1. The summed E-state index contributed by atoms with van der Waals surface area (Å²) in [6, 6.07) is 7.20. The number of hydrogen-bond acceptors (Lipinski definition) is 8. The SMILES string of the molecule is COC(=O)C(CCSN=O)Nc1nc2ccccc2s1. The second kappa shape index (κ2) is 7.20. The fraction of sp³-hybridized carbons (Fsp3) is 0.333. The van der Waals surface area contributed by atoms with Crippen LogP contribution in [0.1, 0.15) is 6.42 Å². The third-order valence-electron chi connectivity index (χ3n) is 2.63. The Labute approximate surface area is 124 Å². The zero-order valence-electron chi connectivity index (χ0n) is 10.7. The van der Waals surface area contributed by atoms with Gasteiger partial charge in [0.15, 0.2) is 5.13 Å². The van der Waals surface area contributed by atoms with E-state index in [-0.39, 0.29) is 5.97 Å². The van der Waals surface area contributed by atoms with Crippen molar-refractivity contribution >= 4 is 44.6 Å². The molecule has 1 aromatic heterocycles. The Bertz CT molecular complexity index is 569. The summed E-state index contributed by atoms with van der Waals surface area (Å²) < 4.78 is 8.50. The lowest BCUT2D eigenvalue weighted by molar-refractivity contribution is -0.141. The van der Waals surface area contributed by atoms with Crippen molar-refractivity contribution in [2.24, 2.45) is 4.58 Å². The second-order valence-corrected chi connectivity index (χ2v) is 5.75. The fourth-order valence-electron chi connectivity index (χ4n) is 1.68. The highest BCUT2D eigenvalue weighted by molar-refractivity contribution is 7.97. The maximum Gasteiger partial charge on any atom is 0.328 e. The third kappa shape index (κ3) is 3.67. The molecule has 0 aliphatic rings. The van der Waals surface area contributed by atoms with E-state index >= 15 is 0 Å². The van der Waals surface area contributed by atoms with Crippen molar-refractivity contribution in [3.8, 4) is 0 Å². The first-order valence-electron chi connectivity index (χ1n) is 5.89. The number of esters is 1. The van der Waals surface area contributed by atoms with E-state index in [1.165, 1.54) is 18.4 Å². The molecule has 6 nitrogen and oxygen atoms in total. The number of nitrogens with one attached hydrogen (secondary N) is 1. The lowest BCUT2D eigenvalue weighted by Gasteiger charge is -2.14. The minimum absolute atomic E-state index is 0.379. The average molecular weight is 311 g/mol. The van der Waals surface area contributed by atoms with Crippen molar-refractivity contribution in [1.29, 1.82) is 0 Å². The van der Waals surface area contributed by atoms with Crippen molar-refractivity contribution in [3.05, 3.63) is 29.2 Å². The molecule has 1 N–H and O–H groups in total. The highest BCUT2D eigenvalue weighted by Gasteiger charge is 2.20. The van der Waals surface area contributed by atoms with Gasteiger partial charge in [0.2, 0.25) is 0 Å². The minimum Gasteiger partial charge on any atom is -0.467 e. The molecular weight excluding hydrogens is 298 g/mol. The predicted octanol–water partition coefficient (Wildman–Crippen LogP) is 3.05. The van der Waals surface area contributed by atoms with Gasteiger partial charge < -0.3 is 10.1 Å². The van der Waals surface area contributed by atoms with E-state index in [0.29, 0.717) is 17.3 Å². The Kier molecular flexibility index (Phi) is 5.31. The smallest absolute Gasteiger partial charge is 0.328 e.